The molecule has 0 radical (unpaired) electrons. The van der Waals surface area contributed by atoms with Crippen molar-refractivity contribution in [2.45, 2.75) is 22.1 Å². The first-order valence-electron chi connectivity index (χ1n) is 8.61. The number of hydrogen-bond donors (Lipinski definition) is 2. The third kappa shape index (κ3) is 3.59. The number of aromatic carboxylic acids is 1. The van der Waals surface area contributed by atoms with Gasteiger partial charge in [-0.1, -0.05) is 48.2 Å². The number of carbonyl (C=O) groups is 2. The highest BCUT2D eigenvalue weighted by Crippen LogP contribution is 2.46. The average molecular weight is 375 g/mol. The standard InChI is InChI=1S/C22H17NO3S/c24-21(23-15-11-9-14(10-12-15)22(25)26)13-18-16-5-1-3-7-19(16)27-20-8-4-2-6-17(18)20/h1-12,18H,13H2,(H,23,24)(H,25,26). The van der Waals surface area contributed by atoms with Crippen LogP contribution in [0.3, 0.4) is 0 Å². The highest BCUT2D eigenvalue weighted by molar-refractivity contribution is 7.99. The molecule has 4 nitrogen and oxygen atoms in total. The molecule has 0 aliphatic carbocycles. The van der Waals surface area contributed by atoms with E-state index in [2.05, 4.69) is 29.6 Å². The summed E-state index contributed by atoms with van der Waals surface area (Å²) in [6.45, 7) is 0. The van der Waals surface area contributed by atoms with E-state index in [1.54, 1.807) is 23.9 Å². The van der Waals surface area contributed by atoms with E-state index < -0.39 is 5.97 Å². The van der Waals surface area contributed by atoms with E-state index in [9.17, 15) is 9.59 Å². The van der Waals surface area contributed by atoms with Gasteiger partial charge in [-0.25, -0.2) is 4.79 Å². The van der Waals surface area contributed by atoms with Crippen molar-refractivity contribution < 1.29 is 14.7 Å². The van der Waals surface area contributed by atoms with Gasteiger partial charge in [0, 0.05) is 27.8 Å². The lowest BCUT2D eigenvalue weighted by molar-refractivity contribution is -0.116. The summed E-state index contributed by atoms with van der Waals surface area (Å²) in [5.74, 6) is -1.09. The Balaban J connectivity index is 1.57. The summed E-state index contributed by atoms with van der Waals surface area (Å²) in [6, 6.07) is 22.6. The Hall–Kier alpha value is -3.05. The average Bonchev–Trinajstić information content (AvgIpc) is 2.68. The molecular weight excluding hydrogens is 358 g/mol. The maximum atomic E-state index is 12.7. The molecule has 0 fully saturated rings. The van der Waals surface area contributed by atoms with Crippen LogP contribution in [-0.2, 0) is 4.79 Å². The monoisotopic (exact) mass is 375 g/mol. The topological polar surface area (TPSA) is 66.4 Å². The van der Waals surface area contributed by atoms with Gasteiger partial charge in [0.25, 0.3) is 0 Å². The van der Waals surface area contributed by atoms with Crippen molar-refractivity contribution in [2.75, 3.05) is 5.32 Å². The van der Waals surface area contributed by atoms with Crippen LogP contribution < -0.4 is 5.32 Å². The second kappa shape index (κ2) is 7.29. The molecule has 1 heterocycles. The molecule has 5 heteroatoms. The Morgan fingerprint density at radius 3 is 1.96 bits per heavy atom. The van der Waals surface area contributed by atoms with Crippen LogP contribution in [0.15, 0.2) is 82.6 Å². The van der Waals surface area contributed by atoms with Gasteiger partial charge in [0.15, 0.2) is 0 Å². The molecule has 0 saturated carbocycles. The van der Waals surface area contributed by atoms with Gasteiger partial charge < -0.3 is 10.4 Å². The van der Waals surface area contributed by atoms with Gasteiger partial charge in [-0.15, -0.1) is 0 Å². The number of fused-ring (bicyclic) bond motifs is 2. The first-order valence-corrected chi connectivity index (χ1v) is 9.42. The summed E-state index contributed by atoms with van der Waals surface area (Å²) in [6.07, 6.45) is 0.329. The van der Waals surface area contributed by atoms with Crippen molar-refractivity contribution >= 4 is 29.3 Å². The second-order valence-corrected chi connectivity index (χ2v) is 7.45. The van der Waals surface area contributed by atoms with Gasteiger partial charge in [-0.3, -0.25) is 4.79 Å². The third-order valence-corrected chi connectivity index (χ3v) is 5.80. The van der Waals surface area contributed by atoms with E-state index in [1.165, 1.54) is 21.9 Å². The SMILES string of the molecule is O=C(CC1c2ccccc2Sc2ccccc21)Nc1ccc(C(=O)O)cc1. The van der Waals surface area contributed by atoms with E-state index in [0.29, 0.717) is 12.1 Å². The molecular formula is C22H17NO3S. The number of nitrogens with one attached hydrogen (secondary N) is 1. The van der Waals surface area contributed by atoms with Crippen molar-refractivity contribution in [1.82, 2.24) is 0 Å². The molecule has 1 aliphatic rings. The molecule has 1 amide bonds. The summed E-state index contributed by atoms with van der Waals surface area (Å²) < 4.78 is 0. The zero-order valence-corrected chi connectivity index (χ0v) is 15.2. The molecule has 0 atom stereocenters. The van der Waals surface area contributed by atoms with Gasteiger partial charge in [0.1, 0.15) is 0 Å². The van der Waals surface area contributed by atoms with Crippen molar-refractivity contribution in [1.29, 1.82) is 0 Å². The fourth-order valence-electron chi connectivity index (χ4n) is 3.32. The molecule has 3 aromatic carbocycles. The van der Waals surface area contributed by atoms with Gasteiger partial charge in [-0.2, -0.15) is 0 Å². The van der Waals surface area contributed by atoms with Crippen molar-refractivity contribution in [3.8, 4) is 0 Å². The van der Waals surface area contributed by atoms with Crippen LogP contribution in [0.2, 0.25) is 0 Å². The minimum atomic E-state index is -0.985. The van der Waals surface area contributed by atoms with Crippen molar-refractivity contribution in [2.24, 2.45) is 0 Å². The van der Waals surface area contributed by atoms with Gasteiger partial charge in [0.2, 0.25) is 5.91 Å². The van der Waals surface area contributed by atoms with E-state index in [0.717, 1.165) is 11.1 Å². The molecule has 2 N–H and O–H groups in total. The van der Waals surface area contributed by atoms with Gasteiger partial charge in [0.05, 0.1) is 5.56 Å². The molecule has 27 heavy (non-hydrogen) atoms. The fourth-order valence-corrected chi connectivity index (χ4v) is 4.51. The van der Waals surface area contributed by atoms with E-state index >= 15 is 0 Å². The smallest absolute Gasteiger partial charge is 0.335 e. The second-order valence-electron chi connectivity index (χ2n) is 6.37. The van der Waals surface area contributed by atoms with Crippen molar-refractivity contribution in [3.63, 3.8) is 0 Å². The number of rotatable bonds is 4. The molecule has 3 aromatic rings. The Kier molecular flexibility index (Phi) is 4.69. The summed E-state index contributed by atoms with van der Waals surface area (Å²) in [4.78, 5) is 26.0. The Labute approximate surface area is 161 Å². The number of carbonyl (C=O) groups excluding carboxylic acids is 1. The minimum Gasteiger partial charge on any atom is -0.478 e. The maximum absolute atomic E-state index is 12.7. The largest absolute Gasteiger partial charge is 0.478 e. The lowest BCUT2D eigenvalue weighted by Gasteiger charge is -2.27. The van der Waals surface area contributed by atoms with Crippen molar-refractivity contribution in [3.05, 3.63) is 89.5 Å². The maximum Gasteiger partial charge on any atom is 0.335 e. The molecule has 0 aromatic heterocycles. The molecule has 134 valence electrons. The van der Waals surface area contributed by atoms with Crippen LogP contribution in [0.5, 0.6) is 0 Å². The molecule has 0 saturated heterocycles. The van der Waals surface area contributed by atoms with Gasteiger partial charge in [-0.05, 0) is 47.5 Å². The zero-order valence-electron chi connectivity index (χ0n) is 14.4. The van der Waals surface area contributed by atoms with Crippen LogP contribution in [-0.4, -0.2) is 17.0 Å². The highest BCUT2D eigenvalue weighted by Gasteiger charge is 2.27. The predicted molar refractivity (Wildman–Crippen MR) is 105 cm³/mol. The lowest BCUT2D eigenvalue weighted by atomic mass is 9.87. The molecule has 0 unspecified atom stereocenters. The first kappa shape index (κ1) is 17.4. The van der Waals surface area contributed by atoms with E-state index in [4.69, 9.17) is 5.11 Å². The normalized spacial score (nSPS) is 12.7. The van der Waals surface area contributed by atoms with E-state index in [1.807, 2.05) is 24.3 Å². The molecule has 0 spiro atoms. The molecule has 4 rings (SSSR count). The van der Waals surface area contributed by atoms with Gasteiger partial charge >= 0.3 is 5.97 Å². The quantitative estimate of drug-likeness (QED) is 0.673. The summed E-state index contributed by atoms with van der Waals surface area (Å²) >= 11 is 1.73. The van der Waals surface area contributed by atoms with Crippen LogP contribution in [0.4, 0.5) is 5.69 Å². The Morgan fingerprint density at radius 1 is 0.852 bits per heavy atom. The predicted octanol–water partition coefficient (Wildman–Crippen LogP) is 5.01. The van der Waals surface area contributed by atoms with Crippen LogP contribution in [0.25, 0.3) is 0 Å². The van der Waals surface area contributed by atoms with E-state index in [-0.39, 0.29) is 17.4 Å². The Morgan fingerprint density at radius 2 is 1.41 bits per heavy atom. The first-order chi connectivity index (χ1) is 13.1. The minimum absolute atomic E-state index is 0.00283. The third-order valence-electron chi connectivity index (χ3n) is 4.61. The number of carboxylic acids is 1. The summed E-state index contributed by atoms with van der Waals surface area (Å²) in [5, 5.41) is 11.8. The summed E-state index contributed by atoms with van der Waals surface area (Å²) in [7, 11) is 0. The number of amides is 1. The Bertz CT molecular complexity index is 969. The fraction of sp³-hybridized carbons (Fsp3) is 0.0909. The number of carboxylic acid groups (broad SMARTS) is 1. The highest BCUT2D eigenvalue weighted by atomic mass is 32.2. The van der Waals surface area contributed by atoms with Crippen LogP contribution in [0.1, 0.15) is 33.8 Å². The number of benzene rings is 3. The number of hydrogen-bond acceptors (Lipinski definition) is 3. The molecule has 1 aliphatic heterocycles. The lowest BCUT2D eigenvalue weighted by Crippen LogP contribution is -2.18. The summed E-state index contributed by atoms with van der Waals surface area (Å²) in [5.41, 5.74) is 3.12. The zero-order chi connectivity index (χ0) is 18.8. The number of anilines is 1. The van der Waals surface area contributed by atoms with Crippen LogP contribution >= 0.6 is 11.8 Å². The van der Waals surface area contributed by atoms with Crippen LogP contribution in [0, 0.1) is 0 Å². The molecule has 0 bridgehead atoms.